The molecule has 0 saturated heterocycles. The van der Waals surface area contributed by atoms with E-state index in [1.807, 2.05) is 31.2 Å². The Morgan fingerprint density at radius 3 is 2.74 bits per heavy atom. The van der Waals surface area contributed by atoms with Crippen molar-refractivity contribution >= 4 is 5.91 Å². The zero-order chi connectivity index (χ0) is 13.7. The van der Waals surface area contributed by atoms with E-state index in [0.717, 1.165) is 5.56 Å². The highest BCUT2D eigenvalue weighted by atomic mass is 16.6. The maximum atomic E-state index is 11.6. The van der Waals surface area contributed by atoms with Crippen molar-refractivity contribution in [3.05, 3.63) is 60.4 Å². The molecule has 1 amide bonds. The minimum absolute atomic E-state index is 0.212. The van der Waals surface area contributed by atoms with Crippen LogP contribution >= 0.6 is 0 Å². The molecule has 0 unspecified atom stereocenters. The number of ether oxygens (including phenoxy) is 1. The molecule has 0 aliphatic rings. The van der Waals surface area contributed by atoms with Gasteiger partial charge in [-0.25, -0.2) is 0 Å². The Balaban J connectivity index is 2.02. The van der Waals surface area contributed by atoms with Gasteiger partial charge >= 0.3 is 0 Å². The topological polar surface area (TPSA) is 51.5 Å². The summed E-state index contributed by atoms with van der Waals surface area (Å²) in [7, 11) is 0. The number of benzene rings is 1. The summed E-state index contributed by atoms with van der Waals surface area (Å²) >= 11 is 0. The molecule has 1 aromatic heterocycles. The van der Waals surface area contributed by atoms with Gasteiger partial charge in [-0.3, -0.25) is 4.79 Å². The third-order valence-corrected chi connectivity index (χ3v) is 2.45. The second-order valence-electron chi connectivity index (χ2n) is 4.03. The van der Waals surface area contributed by atoms with Crippen LogP contribution in [0.2, 0.25) is 0 Å². The summed E-state index contributed by atoms with van der Waals surface area (Å²) in [4.78, 5) is 11.6. The molecule has 2 rings (SSSR count). The zero-order valence-electron chi connectivity index (χ0n) is 10.7. The first-order chi connectivity index (χ1) is 9.19. The van der Waals surface area contributed by atoms with Crippen LogP contribution in [0.5, 0.6) is 11.7 Å². The molecule has 2 aromatic rings. The van der Waals surface area contributed by atoms with Crippen LogP contribution in [0.4, 0.5) is 0 Å². The van der Waals surface area contributed by atoms with E-state index in [1.54, 1.807) is 18.2 Å². The normalized spacial score (nSPS) is 9.95. The van der Waals surface area contributed by atoms with E-state index in [4.69, 9.17) is 9.15 Å². The van der Waals surface area contributed by atoms with Crippen molar-refractivity contribution in [2.75, 3.05) is 6.54 Å². The second kappa shape index (κ2) is 5.91. The molecule has 1 N–H and O–H groups in total. The first kappa shape index (κ1) is 13.0. The van der Waals surface area contributed by atoms with Crippen molar-refractivity contribution in [3.63, 3.8) is 0 Å². The van der Waals surface area contributed by atoms with Crippen LogP contribution < -0.4 is 10.1 Å². The lowest BCUT2D eigenvalue weighted by Crippen LogP contribution is -2.22. The summed E-state index contributed by atoms with van der Waals surface area (Å²) in [5, 5.41) is 2.63. The molecule has 0 fully saturated rings. The summed E-state index contributed by atoms with van der Waals surface area (Å²) in [5.74, 6) is 0.869. The number of hydrogen-bond acceptors (Lipinski definition) is 3. The smallest absolute Gasteiger partial charge is 0.290 e. The van der Waals surface area contributed by atoms with Crippen molar-refractivity contribution in [2.45, 2.75) is 6.92 Å². The van der Waals surface area contributed by atoms with Gasteiger partial charge in [0.2, 0.25) is 0 Å². The quantitative estimate of drug-likeness (QED) is 0.836. The van der Waals surface area contributed by atoms with Gasteiger partial charge < -0.3 is 14.5 Å². The first-order valence-electron chi connectivity index (χ1n) is 5.92. The number of nitrogens with one attached hydrogen (secondary N) is 1. The molecule has 0 spiro atoms. The zero-order valence-corrected chi connectivity index (χ0v) is 10.7. The van der Waals surface area contributed by atoms with Crippen molar-refractivity contribution in [1.29, 1.82) is 0 Å². The molecule has 0 aliphatic heterocycles. The highest BCUT2D eigenvalue weighted by Gasteiger charge is 2.11. The molecule has 0 radical (unpaired) electrons. The third-order valence-electron chi connectivity index (χ3n) is 2.45. The lowest BCUT2D eigenvalue weighted by Gasteiger charge is -2.02. The van der Waals surface area contributed by atoms with E-state index < -0.39 is 0 Å². The number of rotatable bonds is 5. The SMILES string of the molecule is C=CCNC(=O)c1ccc(Oc2ccc(C)cc2)o1. The molecular weight excluding hydrogens is 242 g/mol. The second-order valence-corrected chi connectivity index (χ2v) is 4.03. The fourth-order valence-corrected chi connectivity index (χ4v) is 1.47. The molecule has 0 bridgehead atoms. The Morgan fingerprint density at radius 1 is 1.32 bits per heavy atom. The fourth-order valence-electron chi connectivity index (χ4n) is 1.47. The monoisotopic (exact) mass is 257 g/mol. The molecular formula is C15H15NO3. The predicted octanol–water partition coefficient (Wildman–Crippen LogP) is 3.30. The van der Waals surface area contributed by atoms with Gasteiger partial charge in [0.15, 0.2) is 5.76 Å². The maximum absolute atomic E-state index is 11.6. The summed E-state index contributed by atoms with van der Waals surface area (Å²) in [6.45, 7) is 5.92. The molecule has 19 heavy (non-hydrogen) atoms. The minimum atomic E-state index is -0.293. The van der Waals surface area contributed by atoms with Gasteiger partial charge in [0.25, 0.3) is 11.9 Å². The summed E-state index contributed by atoms with van der Waals surface area (Å²) < 4.78 is 10.8. The van der Waals surface area contributed by atoms with E-state index >= 15 is 0 Å². The van der Waals surface area contributed by atoms with Gasteiger partial charge in [-0.15, -0.1) is 6.58 Å². The molecule has 0 saturated carbocycles. The molecule has 1 heterocycles. The number of amides is 1. The van der Waals surface area contributed by atoms with Crippen LogP contribution in [0.25, 0.3) is 0 Å². The Morgan fingerprint density at radius 2 is 2.05 bits per heavy atom. The molecule has 4 heteroatoms. The fraction of sp³-hybridized carbons (Fsp3) is 0.133. The first-order valence-corrected chi connectivity index (χ1v) is 5.92. The van der Waals surface area contributed by atoms with Gasteiger partial charge in [-0.05, 0) is 25.1 Å². The Bertz CT molecular complexity index is 569. The third kappa shape index (κ3) is 3.48. The van der Waals surface area contributed by atoms with Gasteiger partial charge in [-0.2, -0.15) is 0 Å². The summed E-state index contributed by atoms with van der Waals surface area (Å²) in [6, 6.07) is 10.8. The Kier molecular flexibility index (Phi) is 4.03. The maximum Gasteiger partial charge on any atom is 0.290 e. The molecule has 0 aliphatic carbocycles. The number of aryl methyl sites for hydroxylation is 1. The van der Waals surface area contributed by atoms with Crippen LogP contribution in [0.15, 0.2) is 53.5 Å². The standard InChI is InChI=1S/C15H15NO3/c1-3-10-16-15(17)13-8-9-14(19-13)18-12-6-4-11(2)5-7-12/h3-9H,1,10H2,2H3,(H,16,17). The number of hydrogen-bond donors (Lipinski definition) is 1. The van der Waals surface area contributed by atoms with E-state index in [0.29, 0.717) is 12.3 Å². The van der Waals surface area contributed by atoms with E-state index in [2.05, 4.69) is 11.9 Å². The molecule has 1 aromatic carbocycles. The molecule has 98 valence electrons. The predicted molar refractivity (Wildman–Crippen MR) is 72.5 cm³/mol. The number of carbonyl (C=O) groups is 1. The van der Waals surface area contributed by atoms with Crippen LogP contribution in [0, 0.1) is 6.92 Å². The summed E-state index contributed by atoms with van der Waals surface area (Å²) in [6.07, 6.45) is 1.60. The number of carbonyl (C=O) groups excluding carboxylic acids is 1. The average Bonchev–Trinajstić information content (AvgIpc) is 2.87. The highest BCUT2D eigenvalue weighted by Crippen LogP contribution is 2.23. The van der Waals surface area contributed by atoms with E-state index in [1.165, 1.54) is 0 Å². The average molecular weight is 257 g/mol. The molecule has 4 nitrogen and oxygen atoms in total. The minimum Gasteiger partial charge on any atom is -0.426 e. The largest absolute Gasteiger partial charge is 0.426 e. The van der Waals surface area contributed by atoms with Crippen LogP contribution in [-0.4, -0.2) is 12.5 Å². The lowest BCUT2D eigenvalue weighted by atomic mass is 10.2. The van der Waals surface area contributed by atoms with E-state index in [-0.39, 0.29) is 17.6 Å². The Labute approximate surface area is 111 Å². The van der Waals surface area contributed by atoms with Crippen molar-refractivity contribution < 1.29 is 13.9 Å². The summed E-state index contributed by atoms with van der Waals surface area (Å²) in [5.41, 5.74) is 1.15. The van der Waals surface area contributed by atoms with Crippen LogP contribution in [0.1, 0.15) is 16.1 Å². The van der Waals surface area contributed by atoms with Crippen LogP contribution in [0.3, 0.4) is 0 Å². The van der Waals surface area contributed by atoms with Gasteiger partial charge in [0.1, 0.15) is 5.75 Å². The van der Waals surface area contributed by atoms with Gasteiger partial charge in [0.05, 0.1) is 0 Å². The lowest BCUT2D eigenvalue weighted by molar-refractivity contribution is 0.0925. The van der Waals surface area contributed by atoms with Gasteiger partial charge in [-0.1, -0.05) is 23.8 Å². The van der Waals surface area contributed by atoms with Crippen molar-refractivity contribution in [2.24, 2.45) is 0 Å². The van der Waals surface area contributed by atoms with Gasteiger partial charge in [0, 0.05) is 12.6 Å². The highest BCUT2D eigenvalue weighted by molar-refractivity contribution is 5.91. The van der Waals surface area contributed by atoms with Crippen molar-refractivity contribution in [3.8, 4) is 11.7 Å². The molecule has 0 atom stereocenters. The Hall–Kier alpha value is -2.49. The number of furan rings is 1. The van der Waals surface area contributed by atoms with Crippen molar-refractivity contribution in [1.82, 2.24) is 5.32 Å². The van der Waals surface area contributed by atoms with Crippen LogP contribution in [-0.2, 0) is 0 Å². The van der Waals surface area contributed by atoms with E-state index in [9.17, 15) is 4.79 Å².